The van der Waals surface area contributed by atoms with Gasteiger partial charge in [0.2, 0.25) is 11.8 Å². The van der Waals surface area contributed by atoms with Gasteiger partial charge in [0.15, 0.2) is 10.7 Å². The normalized spacial score (nSPS) is 12.0. The second-order valence-electron chi connectivity index (χ2n) is 6.27. The van der Waals surface area contributed by atoms with Crippen molar-refractivity contribution >= 4 is 40.0 Å². The van der Waals surface area contributed by atoms with Crippen molar-refractivity contribution in [3.8, 4) is 11.5 Å². The molecule has 1 amide bonds. The molecular formula is C20H21N3O2S. The Labute approximate surface area is 157 Å². The number of aromatic nitrogens is 1. The summed E-state index contributed by atoms with van der Waals surface area (Å²) in [6.07, 6.45) is 1.09. The molecule has 134 valence electrons. The zero-order valence-electron chi connectivity index (χ0n) is 15.0. The van der Waals surface area contributed by atoms with Gasteiger partial charge < -0.3 is 15.1 Å². The minimum atomic E-state index is -0.206. The molecular weight excluding hydrogens is 346 g/mol. The summed E-state index contributed by atoms with van der Waals surface area (Å²) in [5.41, 5.74) is 4.57. The van der Waals surface area contributed by atoms with Crippen LogP contribution in [0.25, 0.3) is 22.6 Å². The summed E-state index contributed by atoms with van der Waals surface area (Å²) in [5.74, 6) is 0.872. The van der Waals surface area contributed by atoms with Crippen LogP contribution in [0.2, 0.25) is 0 Å². The van der Waals surface area contributed by atoms with E-state index in [2.05, 4.69) is 41.6 Å². The average molecular weight is 367 g/mol. The number of carbonyl (C=O) groups excluding carboxylic acids is 1. The summed E-state index contributed by atoms with van der Waals surface area (Å²) in [4.78, 5) is 15.6. The molecule has 1 atom stereocenters. The van der Waals surface area contributed by atoms with E-state index in [1.165, 1.54) is 12.5 Å². The van der Waals surface area contributed by atoms with Gasteiger partial charge in [-0.1, -0.05) is 19.9 Å². The van der Waals surface area contributed by atoms with Crippen molar-refractivity contribution in [2.75, 3.05) is 5.32 Å². The van der Waals surface area contributed by atoms with Gasteiger partial charge in [0.25, 0.3) is 0 Å². The molecule has 0 aliphatic carbocycles. The van der Waals surface area contributed by atoms with E-state index in [0.29, 0.717) is 11.8 Å². The maximum absolute atomic E-state index is 11.0. The van der Waals surface area contributed by atoms with Crippen LogP contribution in [0.4, 0.5) is 5.69 Å². The van der Waals surface area contributed by atoms with E-state index in [4.69, 9.17) is 16.6 Å². The molecule has 2 aromatic carbocycles. The Hall–Kier alpha value is -2.73. The maximum atomic E-state index is 11.0. The predicted octanol–water partition coefficient (Wildman–Crippen LogP) is 4.84. The van der Waals surface area contributed by atoms with E-state index in [0.717, 1.165) is 28.8 Å². The fourth-order valence-corrected chi connectivity index (χ4v) is 2.89. The Balaban J connectivity index is 1.80. The topological polar surface area (TPSA) is 67.2 Å². The van der Waals surface area contributed by atoms with Gasteiger partial charge in [-0.05, 0) is 66.5 Å². The quantitative estimate of drug-likeness (QED) is 0.646. The average Bonchev–Trinajstić information content (AvgIpc) is 3.04. The number of hydrogen-bond donors (Lipinski definition) is 2. The van der Waals surface area contributed by atoms with Gasteiger partial charge in [-0.25, -0.2) is 4.98 Å². The molecule has 0 saturated heterocycles. The maximum Gasteiger partial charge on any atom is 0.227 e. The second-order valence-corrected chi connectivity index (χ2v) is 6.68. The van der Waals surface area contributed by atoms with Crippen molar-refractivity contribution in [1.29, 1.82) is 0 Å². The van der Waals surface area contributed by atoms with Crippen LogP contribution in [0.1, 0.15) is 38.7 Å². The van der Waals surface area contributed by atoms with Crippen LogP contribution in [-0.2, 0) is 4.79 Å². The number of nitrogens with zero attached hydrogens (tertiary/aromatic N) is 1. The lowest BCUT2D eigenvalue weighted by Gasteiger charge is -2.07. The molecule has 0 radical (unpaired) electrons. The van der Waals surface area contributed by atoms with E-state index in [1.807, 2.05) is 30.3 Å². The number of nitrogens with one attached hydrogen (secondary N) is 2. The fourth-order valence-electron chi connectivity index (χ4n) is 2.63. The lowest BCUT2D eigenvalue weighted by atomic mass is 9.98. The highest BCUT2D eigenvalue weighted by Gasteiger charge is 2.11. The van der Waals surface area contributed by atoms with Crippen LogP contribution >= 0.6 is 12.2 Å². The molecule has 3 rings (SSSR count). The first-order valence-corrected chi connectivity index (χ1v) is 8.96. The third kappa shape index (κ3) is 4.08. The first-order valence-electron chi connectivity index (χ1n) is 8.55. The standard InChI is InChI=1S/C20H21N3O2S/c1-4-12(2)15-7-10-18-17(11-15)23-19(25-18)14-5-8-16(9-6-14)22-20(26)21-13(3)24/h5-12H,4H2,1-3H3,(H2,21,22,24,26)/t12-/m1/s1. The highest BCUT2D eigenvalue weighted by Crippen LogP contribution is 2.28. The van der Waals surface area contributed by atoms with Crippen molar-refractivity contribution in [2.45, 2.75) is 33.1 Å². The van der Waals surface area contributed by atoms with E-state index >= 15 is 0 Å². The minimum Gasteiger partial charge on any atom is -0.436 e. The molecule has 2 N–H and O–H groups in total. The van der Waals surface area contributed by atoms with Crippen LogP contribution in [0.5, 0.6) is 0 Å². The Morgan fingerprint density at radius 3 is 2.62 bits per heavy atom. The Morgan fingerprint density at radius 2 is 1.96 bits per heavy atom. The Kier molecular flexibility index (Phi) is 5.32. The number of amides is 1. The number of benzene rings is 2. The van der Waals surface area contributed by atoms with Crippen LogP contribution < -0.4 is 10.6 Å². The minimum absolute atomic E-state index is 0.206. The summed E-state index contributed by atoms with van der Waals surface area (Å²) < 4.78 is 5.88. The van der Waals surface area contributed by atoms with Gasteiger partial charge in [0.1, 0.15) is 5.52 Å². The highest BCUT2D eigenvalue weighted by molar-refractivity contribution is 7.80. The summed E-state index contributed by atoms with van der Waals surface area (Å²) >= 11 is 5.05. The molecule has 1 heterocycles. The lowest BCUT2D eigenvalue weighted by molar-refractivity contribution is -0.117. The third-order valence-corrected chi connectivity index (χ3v) is 4.48. The predicted molar refractivity (Wildman–Crippen MR) is 108 cm³/mol. The van der Waals surface area contributed by atoms with Crippen molar-refractivity contribution in [3.05, 3.63) is 48.0 Å². The monoisotopic (exact) mass is 367 g/mol. The van der Waals surface area contributed by atoms with Gasteiger partial charge >= 0.3 is 0 Å². The first kappa shape index (κ1) is 18.1. The number of hydrogen-bond acceptors (Lipinski definition) is 4. The Morgan fingerprint density at radius 1 is 1.23 bits per heavy atom. The molecule has 0 unspecified atom stereocenters. The van der Waals surface area contributed by atoms with Gasteiger partial charge in [0, 0.05) is 18.2 Å². The van der Waals surface area contributed by atoms with Crippen LogP contribution in [0, 0.1) is 0 Å². The Bertz CT molecular complexity index is 947. The molecule has 0 spiro atoms. The molecule has 6 heteroatoms. The largest absolute Gasteiger partial charge is 0.436 e. The number of carbonyl (C=O) groups is 1. The lowest BCUT2D eigenvalue weighted by Crippen LogP contribution is -2.32. The van der Waals surface area contributed by atoms with Crippen LogP contribution in [-0.4, -0.2) is 16.0 Å². The zero-order valence-corrected chi connectivity index (χ0v) is 15.8. The number of oxazole rings is 1. The van der Waals surface area contributed by atoms with Crippen LogP contribution in [0.15, 0.2) is 46.9 Å². The number of rotatable bonds is 4. The molecule has 0 aliphatic heterocycles. The molecule has 0 saturated carbocycles. The molecule has 0 bridgehead atoms. The number of anilines is 1. The summed E-state index contributed by atoms with van der Waals surface area (Å²) in [5, 5.41) is 5.75. The van der Waals surface area contributed by atoms with Gasteiger partial charge in [-0.15, -0.1) is 0 Å². The van der Waals surface area contributed by atoms with Gasteiger partial charge in [-0.2, -0.15) is 0 Å². The molecule has 1 aromatic heterocycles. The van der Waals surface area contributed by atoms with E-state index in [9.17, 15) is 4.79 Å². The van der Waals surface area contributed by atoms with Crippen molar-refractivity contribution in [1.82, 2.24) is 10.3 Å². The molecule has 0 fully saturated rings. The zero-order chi connectivity index (χ0) is 18.7. The summed E-state index contributed by atoms with van der Waals surface area (Å²) in [6.45, 7) is 5.80. The van der Waals surface area contributed by atoms with Crippen LogP contribution in [0.3, 0.4) is 0 Å². The summed E-state index contributed by atoms with van der Waals surface area (Å²) in [6, 6.07) is 13.7. The summed E-state index contributed by atoms with van der Waals surface area (Å²) in [7, 11) is 0. The molecule has 26 heavy (non-hydrogen) atoms. The number of thiocarbonyl (C=S) groups is 1. The van der Waals surface area contributed by atoms with Crippen molar-refractivity contribution in [3.63, 3.8) is 0 Å². The van der Waals surface area contributed by atoms with E-state index in [-0.39, 0.29) is 11.0 Å². The van der Waals surface area contributed by atoms with Crippen molar-refractivity contribution in [2.24, 2.45) is 0 Å². The van der Waals surface area contributed by atoms with E-state index < -0.39 is 0 Å². The fraction of sp³-hybridized carbons (Fsp3) is 0.250. The first-order chi connectivity index (χ1) is 12.5. The molecule has 0 aliphatic rings. The van der Waals surface area contributed by atoms with Gasteiger partial charge in [0.05, 0.1) is 0 Å². The molecule has 3 aromatic rings. The SMILES string of the molecule is CC[C@@H](C)c1ccc2oc(-c3ccc(NC(=S)NC(C)=O)cc3)nc2c1. The highest BCUT2D eigenvalue weighted by atomic mass is 32.1. The second kappa shape index (κ2) is 7.66. The number of fused-ring (bicyclic) bond motifs is 1. The van der Waals surface area contributed by atoms with Crippen molar-refractivity contribution < 1.29 is 9.21 Å². The molecule has 5 nitrogen and oxygen atoms in total. The smallest absolute Gasteiger partial charge is 0.227 e. The van der Waals surface area contributed by atoms with Gasteiger partial charge in [-0.3, -0.25) is 4.79 Å². The van der Waals surface area contributed by atoms with E-state index in [1.54, 1.807) is 0 Å². The third-order valence-electron chi connectivity index (χ3n) is 4.27.